The number of nitrogens with one attached hydrogen (secondary N) is 1. The number of para-hydroxylation sites is 1. The summed E-state index contributed by atoms with van der Waals surface area (Å²) in [6.07, 6.45) is 3.57. The monoisotopic (exact) mass is 343 g/mol. The molecule has 1 amide bonds. The summed E-state index contributed by atoms with van der Waals surface area (Å²) in [5, 5.41) is 21.8. The minimum Gasteiger partial charge on any atom is -0.382 e. The zero-order valence-electron chi connectivity index (χ0n) is 13.6. The first-order valence-corrected chi connectivity index (χ1v) is 7.88. The third kappa shape index (κ3) is 3.65. The van der Waals surface area contributed by atoms with Crippen LogP contribution in [0.25, 0.3) is 0 Å². The van der Waals surface area contributed by atoms with Crippen molar-refractivity contribution in [2.75, 3.05) is 5.32 Å². The average molecular weight is 343 g/mol. The summed E-state index contributed by atoms with van der Waals surface area (Å²) in [4.78, 5) is 28.1. The lowest BCUT2D eigenvalue weighted by Gasteiger charge is -2.07. The molecule has 2 aromatic rings. The Morgan fingerprint density at radius 1 is 1.48 bits per heavy atom. The molecule has 1 atom stereocenters. The molecule has 0 radical (unpaired) electrons. The van der Waals surface area contributed by atoms with E-state index in [0.717, 1.165) is 13.0 Å². The number of carbonyl (C=O) groups is 1. The SMILES string of the molecule is CCCn1cc(NC(=O)C2CC(c3ccccc3[N+](=O)[O-])=NO2)cn1. The molecule has 0 aliphatic carbocycles. The van der Waals surface area contributed by atoms with Crippen molar-refractivity contribution in [2.24, 2.45) is 5.16 Å². The van der Waals surface area contributed by atoms with Gasteiger partial charge in [0.2, 0.25) is 6.10 Å². The van der Waals surface area contributed by atoms with Crippen LogP contribution in [-0.2, 0) is 16.2 Å². The van der Waals surface area contributed by atoms with Crippen LogP contribution in [0.4, 0.5) is 11.4 Å². The van der Waals surface area contributed by atoms with Gasteiger partial charge in [-0.15, -0.1) is 0 Å². The number of nitrogens with zero attached hydrogens (tertiary/aromatic N) is 4. The Balaban J connectivity index is 1.65. The molecule has 0 saturated carbocycles. The number of carbonyl (C=O) groups excluding carboxylic acids is 1. The quantitative estimate of drug-likeness (QED) is 0.639. The van der Waals surface area contributed by atoms with Crippen molar-refractivity contribution in [2.45, 2.75) is 32.4 Å². The molecule has 1 aromatic carbocycles. The lowest BCUT2D eigenvalue weighted by Crippen LogP contribution is -2.28. The fourth-order valence-corrected chi connectivity index (χ4v) is 2.56. The summed E-state index contributed by atoms with van der Waals surface area (Å²) >= 11 is 0. The molecule has 1 N–H and O–H groups in total. The molecule has 0 bridgehead atoms. The van der Waals surface area contributed by atoms with Gasteiger partial charge in [-0.05, 0) is 12.5 Å². The molecule has 0 saturated heterocycles. The fourth-order valence-electron chi connectivity index (χ4n) is 2.56. The molecule has 1 aromatic heterocycles. The number of hydrogen-bond acceptors (Lipinski definition) is 6. The standard InChI is InChI=1S/C16H17N5O4/c1-2-7-20-10-11(9-17-20)18-16(22)15-8-13(19-25-15)12-5-3-4-6-14(12)21(23)24/h3-6,9-10,15H,2,7-8H2,1H3,(H,18,22). The van der Waals surface area contributed by atoms with E-state index in [1.807, 2.05) is 6.92 Å². The number of amides is 1. The van der Waals surface area contributed by atoms with Crippen molar-refractivity contribution in [3.05, 3.63) is 52.3 Å². The third-order valence-electron chi connectivity index (χ3n) is 3.73. The maximum Gasteiger partial charge on any atom is 0.278 e. The van der Waals surface area contributed by atoms with Crippen LogP contribution in [0.15, 0.2) is 41.8 Å². The highest BCUT2D eigenvalue weighted by Crippen LogP contribution is 2.25. The third-order valence-corrected chi connectivity index (χ3v) is 3.73. The van der Waals surface area contributed by atoms with E-state index >= 15 is 0 Å². The van der Waals surface area contributed by atoms with Crippen molar-refractivity contribution in [3.8, 4) is 0 Å². The summed E-state index contributed by atoms with van der Waals surface area (Å²) in [5.41, 5.74) is 1.25. The smallest absolute Gasteiger partial charge is 0.278 e. The van der Waals surface area contributed by atoms with Gasteiger partial charge in [-0.1, -0.05) is 24.2 Å². The van der Waals surface area contributed by atoms with Crippen LogP contribution in [-0.4, -0.2) is 32.4 Å². The predicted octanol–water partition coefficient (Wildman–Crippen LogP) is 2.33. The summed E-state index contributed by atoms with van der Waals surface area (Å²) < 4.78 is 1.74. The highest BCUT2D eigenvalue weighted by atomic mass is 16.6. The molecular weight excluding hydrogens is 326 g/mol. The summed E-state index contributed by atoms with van der Waals surface area (Å²) in [6.45, 7) is 2.80. The van der Waals surface area contributed by atoms with Crippen LogP contribution < -0.4 is 5.32 Å². The maximum atomic E-state index is 12.3. The highest BCUT2D eigenvalue weighted by molar-refractivity contribution is 6.08. The lowest BCUT2D eigenvalue weighted by atomic mass is 10.0. The average Bonchev–Trinajstić information content (AvgIpc) is 3.25. The first-order chi connectivity index (χ1) is 12.1. The molecule has 1 unspecified atom stereocenters. The Labute approximate surface area is 143 Å². The molecule has 0 spiro atoms. The highest BCUT2D eigenvalue weighted by Gasteiger charge is 2.32. The van der Waals surface area contributed by atoms with Gasteiger partial charge in [0, 0.05) is 25.2 Å². The predicted molar refractivity (Wildman–Crippen MR) is 90.3 cm³/mol. The van der Waals surface area contributed by atoms with Gasteiger partial charge < -0.3 is 10.2 Å². The zero-order chi connectivity index (χ0) is 17.8. The Morgan fingerprint density at radius 2 is 2.28 bits per heavy atom. The van der Waals surface area contributed by atoms with Gasteiger partial charge in [-0.2, -0.15) is 5.10 Å². The minimum absolute atomic E-state index is 0.0632. The van der Waals surface area contributed by atoms with Crippen molar-refractivity contribution < 1.29 is 14.6 Å². The summed E-state index contributed by atoms with van der Waals surface area (Å²) in [5.74, 6) is -0.367. The number of nitro groups is 1. The first kappa shape index (κ1) is 16.6. The number of hydrogen-bond donors (Lipinski definition) is 1. The van der Waals surface area contributed by atoms with Crippen LogP contribution in [0.2, 0.25) is 0 Å². The number of benzene rings is 1. The van der Waals surface area contributed by atoms with Crippen molar-refractivity contribution in [1.29, 1.82) is 0 Å². The second-order valence-electron chi connectivity index (χ2n) is 5.59. The van der Waals surface area contributed by atoms with E-state index in [1.165, 1.54) is 6.07 Å². The summed E-state index contributed by atoms with van der Waals surface area (Å²) in [7, 11) is 0. The van der Waals surface area contributed by atoms with Crippen molar-refractivity contribution in [3.63, 3.8) is 0 Å². The minimum atomic E-state index is -0.829. The van der Waals surface area contributed by atoms with E-state index in [0.29, 0.717) is 17.0 Å². The topological polar surface area (TPSA) is 112 Å². The number of oxime groups is 1. The number of rotatable bonds is 6. The van der Waals surface area contributed by atoms with Gasteiger partial charge in [0.15, 0.2) is 0 Å². The van der Waals surface area contributed by atoms with Gasteiger partial charge in [0.05, 0.1) is 28.1 Å². The van der Waals surface area contributed by atoms with E-state index < -0.39 is 11.0 Å². The van der Waals surface area contributed by atoms with E-state index in [2.05, 4.69) is 15.6 Å². The van der Waals surface area contributed by atoms with Crippen LogP contribution in [0.3, 0.4) is 0 Å². The van der Waals surface area contributed by atoms with E-state index in [1.54, 1.807) is 35.3 Å². The number of nitro benzene ring substituents is 1. The van der Waals surface area contributed by atoms with E-state index in [4.69, 9.17) is 4.84 Å². The molecule has 0 fully saturated rings. The molecule has 1 aliphatic rings. The molecule has 3 rings (SSSR count). The molecule has 9 heteroatoms. The largest absolute Gasteiger partial charge is 0.382 e. The fraction of sp³-hybridized carbons (Fsp3) is 0.312. The lowest BCUT2D eigenvalue weighted by molar-refractivity contribution is -0.385. The molecule has 2 heterocycles. The Kier molecular flexibility index (Phi) is 4.73. The molecule has 130 valence electrons. The van der Waals surface area contributed by atoms with Crippen LogP contribution >= 0.6 is 0 Å². The molecule has 1 aliphatic heterocycles. The van der Waals surface area contributed by atoms with Gasteiger partial charge in [-0.25, -0.2) is 0 Å². The van der Waals surface area contributed by atoms with Crippen LogP contribution in [0.5, 0.6) is 0 Å². The maximum absolute atomic E-state index is 12.3. The summed E-state index contributed by atoms with van der Waals surface area (Å²) in [6, 6.07) is 6.25. The molecular formula is C16H17N5O4. The van der Waals surface area contributed by atoms with Crippen molar-refractivity contribution >= 4 is 23.0 Å². The Morgan fingerprint density at radius 3 is 3.04 bits per heavy atom. The second kappa shape index (κ2) is 7.12. The normalized spacial score (nSPS) is 16.2. The van der Waals surface area contributed by atoms with Gasteiger partial charge >= 0.3 is 0 Å². The number of aryl methyl sites for hydroxylation is 1. The van der Waals surface area contributed by atoms with Gasteiger partial charge in [0.1, 0.15) is 0 Å². The second-order valence-corrected chi connectivity index (χ2v) is 5.59. The number of aromatic nitrogens is 2. The van der Waals surface area contributed by atoms with E-state index in [-0.39, 0.29) is 18.0 Å². The van der Waals surface area contributed by atoms with Gasteiger partial charge in [0.25, 0.3) is 11.6 Å². The Bertz CT molecular complexity index is 829. The zero-order valence-corrected chi connectivity index (χ0v) is 13.6. The van der Waals surface area contributed by atoms with Crippen LogP contribution in [0.1, 0.15) is 25.3 Å². The number of anilines is 1. The van der Waals surface area contributed by atoms with Gasteiger partial charge in [-0.3, -0.25) is 19.6 Å². The molecule has 25 heavy (non-hydrogen) atoms. The van der Waals surface area contributed by atoms with Crippen LogP contribution in [0, 0.1) is 10.1 Å². The Hall–Kier alpha value is -3.23. The van der Waals surface area contributed by atoms with E-state index in [9.17, 15) is 14.9 Å². The molecule has 9 nitrogen and oxygen atoms in total. The first-order valence-electron chi connectivity index (χ1n) is 7.88. The van der Waals surface area contributed by atoms with Crippen molar-refractivity contribution in [1.82, 2.24) is 9.78 Å².